The number of ether oxygens (including phenoxy) is 1. The summed E-state index contributed by atoms with van der Waals surface area (Å²) in [5, 5.41) is 10.9. The first-order chi connectivity index (χ1) is 6.33. The van der Waals surface area contributed by atoms with Crippen LogP contribution >= 0.6 is 0 Å². The minimum atomic E-state index is -0.855. The maximum Gasteiger partial charge on any atom is 1.00 e. The Hall–Kier alpha value is -0.384. The molecule has 0 N–H and O–H groups in total. The molecule has 66 valence electrons. The van der Waals surface area contributed by atoms with Gasteiger partial charge < -0.3 is 15.3 Å². The Morgan fingerprint density at radius 2 is 2.07 bits per heavy atom. The molecule has 0 aliphatic carbocycles. The number of nitrogens with zero attached hydrogens (tertiary/aromatic N) is 2. The van der Waals surface area contributed by atoms with Gasteiger partial charge in [0.15, 0.2) is 0 Å². The topological polar surface area (TPSA) is 64.2 Å². The van der Waals surface area contributed by atoms with Crippen LogP contribution in [-0.4, -0.2) is 6.09 Å². The Kier molecular flexibility index (Phi) is 7.75. The van der Waals surface area contributed by atoms with E-state index in [9.17, 15) is 4.79 Å². The molecule has 0 aromatic heterocycles. The van der Waals surface area contributed by atoms with E-state index in [2.05, 4.69) is 10.1 Å². The van der Waals surface area contributed by atoms with Crippen LogP contribution in [0.1, 0.15) is 5.56 Å². The molecule has 0 saturated carbocycles. The first-order valence-corrected chi connectivity index (χ1v) is 3.63. The molecule has 0 bridgehead atoms. The van der Waals surface area contributed by atoms with E-state index in [0.717, 1.165) is 5.56 Å². The molecule has 1 rings (SSSR count). The monoisotopic (exact) mass is 214 g/mol. The van der Waals surface area contributed by atoms with Crippen LogP contribution in [0.5, 0.6) is 0 Å². The van der Waals surface area contributed by atoms with E-state index in [0.29, 0.717) is 0 Å². The number of benzene rings is 1. The summed E-state index contributed by atoms with van der Waals surface area (Å²) in [6, 6.07) is 9.18. The van der Waals surface area contributed by atoms with Crippen LogP contribution < -0.4 is 51.4 Å². The molecule has 0 unspecified atom stereocenters. The fourth-order valence-corrected chi connectivity index (χ4v) is 0.792. The van der Waals surface area contributed by atoms with Crippen molar-refractivity contribution in [2.24, 2.45) is 0 Å². The van der Waals surface area contributed by atoms with Gasteiger partial charge in [0.05, 0.1) is 0 Å². The first-order valence-electron chi connectivity index (χ1n) is 3.63. The Bertz CT molecular complexity index is 321. The van der Waals surface area contributed by atoms with Crippen molar-refractivity contribution in [2.75, 3.05) is 0 Å². The average Bonchev–Trinajstić information content (AvgIpc) is 2.17. The van der Waals surface area contributed by atoms with Crippen molar-refractivity contribution in [3.05, 3.63) is 41.2 Å². The van der Waals surface area contributed by atoms with Crippen molar-refractivity contribution in [3.8, 4) is 6.19 Å². The largest absolute Gasteiger partial charge is 1.00 e. The van der Waals surface area contributed by atoms with Crippen molar-refractivity contribution in [1.29, 1.82) is 5.26 Å². The number of carbonyl (C=O) groups excluding carboxylic acids is 1. The zero-order chi connectivity index (χ0) is 9.52. The van der Waals surface area contributed by atoms with E-state index in [1.165, 1.54) is 6.19 Å². The quantitative estimate of drug-likeness (QED) is 0.477. The molecule has 0 heterocycles. The number of nitriles is 1. The van der Waals surface area contributed by atoms with Gasteiger partial charge in [0.25, 0.3) is 0 Å². The second-order valence-corrected chi connectivity index (χ2v) is 2.25. The number of hydrogen-bond acceptors (Lipinski definition) is 3. The number of amides is 1. The predicted molar refractivity (Wildman–Crippen MR) is 45.6 cm³/mol. The predicted octanol–water partition coefficient (Wildman–Crippen LogP) is -0.818. The third kappa shape index (κ3) is 5.37. The van der Waals surface area contributed by atoms with E-state index < -0.39 is 6.09 Å². The van der Waals surface area contributed by atoms with E-state index in [-0.39, 0.29) is 58.0 Å². The van der Waals surface area contributed by atoms with Gasteiger partial charge in [-0.3, -0.25) is 4.79 Å². The third-order valence-corrected chi connectivity index (χ3v) is 1.35. The second kappa shape index (κ2) is 7.97. The molecular weight excluding hydrogens is 207 g/mol. The molecule has 1 amide bonds. The molecule has 14 heavy (non-hydrogen) atoms. The van der Waals surface area contributed by atoms with Crippen LogP contribution in [0.2, 0.25) is 0 Å². The van der Waals surface area contributed by atoms with Crippen LogP contribution in [0.25, 0.3) is 5.32 Å². The van der Waals surface area contributed by atoms with Crippen LogP contribution in [0, 0.1) is 11.5 Å². The molecule has 5 heteroatoms. The number of hydrogen-bond donors (Lipinski definition) is 0. The molecule has 4 nitrogen and oxygen atoms in total. The van der Waals surface area contributed by atoms with E-state index in [4.69, 9.17) is 5.26 Å². The van der Waals surface area contributed by atoms with E-state index >= 15 is 0 Å². The number of carbonyl (C=O) groups is 1. The van der Waals surface area contributed by atoms with Crippen molar-refractivity contribution in [3.63, 3.8) is 0 Å². The van der Waals surface area contributed by atoms with Gasteiger partial charge in [-0.15, -0.1) is 0 Å². The van der Waals surface area contributed by atoms with Crippen LogP contribution in [0.4, 0.5) is 4.79 Å². The molecule has 0 atom stereocenters. The van der Waals surface area contributed by atoms with Gasteiger partial charge in [-0.1, -0.05) is 36.5 Å². The van der Waals surface area contributed by atoms with E-state index in [1.54, 1.807) is 0 Å². The Morgan fingerprint density at radius 3 is 2.64 bits per heavy atom. The van der Waals surface area contributed by atoms with Gasteiger partial charge in [-0.05, 0) is 5.56 Å². The van der Waals surface area contributed by atoms with Gasteiger partial charge in [-0.25, -0.2) is 0 Å². The summed E-state index contributed by atoms with van der Waals surface area (Å²) in [6.45, 7) is 0.144. The minimum absolute atomic E-state index is 0. The maximum atomic E-state index is 10.6. The average molecular weight is 214 g/mol. The summed E-state index contributed by atoms with van der Waals surface area (Å²) < 4.78 is 4.64. The molecule has 0 aliphatic rings. The summed E-state index contributed by atoms with van der Waals surface area (Å²) in [7, 11) is 0. The van der Waals surface area contributed by atoms with Crippen molar-refractivity contribution >= 4 is 6.09 Å². The van der Waals surface area contributed by atoms with Crippen molar-refractivity contribution < 1.29 is 60.9 Å². The summed E-state index contributed by atoms with van der Waals surface area (Å²) in [5.74, 6) is 0. The summed E-state index contributed by atoms with van der Waals surface area (Å²) >= 11 is 0. The maximum absolute atomic E-state index is 10.6. The van der Waals surface area contributed by atoms with Gasteiger partial charge in [0, 0.05) is 0 Å². The number of rotatable bonds is 2. The van der Waals surface area contributed by atoms with Crippen molar-refractivity contribution in [1.82, 2.24) is 0 Å². The zero-order valence-corrected chi connectivity index (χ0v) is 10.9. The molecule has 0 saturated heterocycles. The summed E-state index contributed by atoms with van der Waals surface area (Å²) in [5.41, 5.74) is 0.865. The van der Waals surface area contributed by atoms with Crippen LogP contribution in [0.15, 0.2) is 30.3 Å². The minimum Gasteiger partial charge on any atom is -0.493 e. The van der Waals surface area contributed by atoms with Gasteiger partial charge in [0.2, 0.25) is 0 Å². The van der Waals surface area contributed by atoms with Gasteiger partial charge >= 0.3 is 57.5 Å². The molecular formula is C9H7KN2O2. The Morgan fingerprint density at radius 1 is 1.43 bits per heavy atom. The Labute approximate surface area is 125 Å². The summed E-state index contributed by atoms with van der Waals surface area (Å²) in [6.07, 6.45) is 0.499. The zero-order valence-electron chi connectivity index (χ0n) is 7.80. The Balaban J connectivity index is 0.00000169. The van der Waals surface area contributed by atoms with Crippen molar-refractivity contribution in [2.45, 2.75) is 6.61 Å². The van der Waals surface area contributed by atoms with Gasteiger partial charge in [0.1, 0.15) is 6.61 Å². The van der Waals surface area contributed by atoms with Crippen LogP contribution in [0.3, 0.4) is 0 Å². The molecule has 0 fully saturated rings. The molecule has 1 aromatic rings. The van der Waals surface area contributed by atoms with Gasteiger partial charge in [-0.2, -0.15) is 0 Å². The standard InChI is InChI=1S/C9H8N2O2.K/c10-7-11-9(12)13-6-8-4-2-1-3-5-8;/h1-5H,6H2,(H,11,12);/q;+1/p-1. The smallest absolute Gasteiger partial charge is 0.493 e. The SMILES string of the molecule is N#C[N-]C(=O)OCc1ccccc1.[K+]. The molecule has 0 spiro atoms. The fourth-order valence-electron chi connectivity index (χ4n) is 0.792. The van der Waals surface area contributed by atoms with E-state index in [1.807, 2.05) is 30.3 Å². The second-order valence-electron chi connectivity index (χ2n) is 2.25. The fraction of sp³-hybridized carbons (Fsp3) is 0.111. The van der Waals surface area contributed by atoms with Crippen LogP contribution in [-0.2, 0) is 11.3 Å². The first kappa shape index (κ1) is 13.6. The molecule has 1 aromatic carbocycles. The molecule has 0 radical (unpaired) electrons. The normalized spacial score (nSPS) is 7.93. The third-order valence-electron chi connectivity index (χ3n) is 1.35. The summed E-state index contributed by atoms with van der Waals surface area (Å²) in [4.78, 5) is 10.6. The molecule has 0 aliphatic heterocycles.